The average molecular weight is 428 g/mol. The SMILES string of the molecule is O=C(CN(Cc1ccco1)C1CCS(=O)(=O)C1)Nc1ccc(Cl)cc1[N+](=O)[O-]. The van der Waals surface area contributed by atoms with Crippen LogP contribution >= 0.6 is 11.6 Å². The van der Waals surface area contributed by atoms with Crippen molar-refractivity contribution in [3.63, 3.8) is 0 Å². The number of amides is 1. The van der Waals surface area contributed by atoms with E-state index in [1.165, 1.54) is 18.4 Å². The Morgan fingerprint density at radius 2 is 2.18 bits per heavy atom. The van der Waals surface area contributed by atoms with E-state index in [4.69, 9.17) is 16.0 Å². The molecule has 150 valence electrons. The van der Waals surface area contributed by atoms with Crippen LogP contribution in [0.25, 0.3) is 0 Å². The van der Waals surface area contributed by atoms with Gasteiger partial charge in [-0.15, -0.1) is 0 Å². The van der Waals surface area contributed by atoms with Crippen molar-refractivity contribution < 1.29 is 22.6 Å². The highest BCUT2D eigenvalue weighted by molar-refractivity contribution is 7.91. The number of nitro groups is 1. The number of nitrogens with zero attached hydrogens (tertiary/aromatic N) is 2. The van der Waals surface area contributed by atoms with E-state index in [0.717, 1.165) is 6.07 Å². The molecule has 3 rings (SSSR count). The number of benzene rings is 1. The molecule has 1 amide bonds. The lowest BCUT2D eigenvalue weighted by molar-refractivity contribution is -0.383. The Hall–Kier alpha value is -2.43. The lowest BCUT2D eigenvalue weighted by atomic mass is 10.2. The minimum atomic E-state index is -3.14. The van der Waals surface area contributed by atoms with Crippen LogP contribution in [0, 0.1) is 10.1 Å². The second-order valence-corrected chi connectivity index (χ2v) is 9.17. The number of nitro benzene ring substituents is 1. The van der Waals surface area contributed by atoms with Crippen molar-refractivity contribution in [2.75, 3.05) is 23.4 Å². The lowest BCUT2D eigenvalue weighted by Crippen LogP contribution is -2.41. The summed E-state index contributed by atoms with van der Waals surface area (Å²) in [5.41, 5.74) is -0.293. The molecule has 11 heteroatoms. The molecule has 2 aromatic rings. The Kier molecular flexibility index (Phi) is 6.01. The quantitative estimate of drug-likeness (QED) is 0.531. The van der Waals surface area contributed by atoms with E-state index in [2.05, 4.69) is 5.32 Å². The number of hydrogen-bond donors (Lipinski definition) is 1. The zero-order chi connectivity index (χ0) is 20.3. The molecule has 0 bridgehead atoms. The molecule has 1 unspecified atom stereocenters. The molecule has 1 fully saturated rings. The fraction of sp³-hybridized carbons (Fsp3) is 0.353. The van der Waals surface area contributed by atoms with Gasteiger partial charge in [0.15, 0.2) is 9.84 Å². The molecule has 1 atom stereocenters. The Bertz CT molecular complexity index is 977. The number of anilines is 1. The van der Waals surface area contributed by atoms with E-state index in [0.29, 0.717) is 12.2 Å². The van der Waals surface area contributed by atoms with Crippen molar-refractivity contribution in [2.24, 2.45) is 0 Å². The molecule has 0 aliphatic carbocycles. The van der Waals surface area contributed by atoms with Gasteiger partial charge < -0.3 is 9.73 Å². The molecule has 0 radical (unpaired) electrons. The minimum Gasteiger partial charge on any atom is -0.468 e. The van der Waals surface area contributed by atoms with Crippen LogP contribution < -0.4 is 5.32 Å². The van der Waals surface area contributed by atoms with Crippen molar-refractivity contribution in [1.82, 2.24) is 4.90 Å². The van der Waals surface area contributed by atoms with E-state index >= 15 is 0 Å². The third-order valence-electron chi connectivity index (χ3n) is 4.44. The number of hydrogen-bond acceptors (Lipinski definition) is 7. The Labute approximate surface area is 166 Å². The third-order valence-corrected chi connectivity index (χ3v) is 6.43. The predicted molar refractivity (Wildman–Crippen MR) is 103 cm³/mol. The normalized spacial score (nSPS) is 18.3. The molecule has 1 saturated heterocycles. The monoisotopic (exact) mass is 427 g/mol. The molecule has 1 aliphatic rings. The van der Waals surface area contributed by atoms with Gasteiger partial charge in [0.05, 0.1) is 35.8 Å². The van der Waals surface area contributed by atoms with Gasteiger partial charge in [-0.05, 0) is 30.7 Å². The van der Waals surface area contributed by atoms with Crippen LogP contribution in [0.3, 0.4) is 0 Å². The summed E-state index contributed by atoms with van der Waals surface area (Å²) >= 11 is 5.78. The van der Waals surface area contributed by atoms with Gasteiger partial charge in [-0.25, -0.2) is 8.42 Å². The summed E-state index contributed by atoms with van der Waals surface area (Å²) in [5.74, 6) is 0.120. The van der Waals surface area contributed by atoms with Crippen LogP contribution in [-0.2, 0) is 21.2 Å². The zero-order valence-electron chi connectivity index (χ0n) is 14.7. The maximum Gasteiger partial charge on any atom is 0.294 e. The summed E-state index contributed by atoms with van der Waals surface area (Å²) in [6.07, 6.45) is 1.91. The fourth-order valence-corrected chi connectivity index (χ4v) is 5.04. The third kappa shape index (κ3) is 5.09. The number of rotatable bonds is 7. The van der Waals surface area contributed by atoms with Crippen LogP contribution in [0.4, 0.5) is 11.4 Å². The number of sulfone groups is 1. The molecular weight excluding hydrogens is 410 g/mol. The molecule has 1 aromatic carbocycles. The lowest BCUT2D eigenvalue weighted by Gasteiger charge is -2.26. The van der Waals surface area contributed by atoms with E-state index in [1.807, 2.05) is 0 Å². The highest BCUT2D eigenvalue weighted by atomic mass is 35.5. The van der Waals surface area contributed by atoms with E-state index in [-0.39, 0.29) is 47.0 Å². The Morgan fingerprint density at radius 3 is 2.79 bits per heavy atom. The van der Waals surface area contributed by atoms with Crippen LogP contribution in [0.2, 0.25) is 5.02 Å². The summed E-state index contributed by atoms with van der Waals surface area (Å²) in [5, 5.41) is 13.9. The van der Waals surface area contributed by atoms with E-state index in [9.17, 15) is 23.3 Å². The largest absolute Gasteiger partial charge is 0.468 e. The highest BCUT2D eigenvalue weighted by Crippen LogP contribution is 2.28. The van der Waals surface area contributed by atoms with Crippen LogP contribution in [0.15, 0.2) is 41.0 Å². The Balaban J connectivity index is 1.75. The molecule has 9 nitrogen and oxygen atoms in total. The first-order valence-corrected chi connectivity index (χ1v) is 10.6. The molecule has 0 spiro atoms. The molecule has 1 aromatic heterocycles. The number of carbonyl (C=O) groups is 1. The fourth-order valence-electron chi connectivity index (χ4n) is 3.12. The standard InChI is InChI=1S/C17H18ClN3O6S/c18-12-3-4-15(16(8-12)21(23)24)19-17(22)10-20(9-14-2-1-6-27-14)13-5-7-28(25,26)11-13/h1-4,6,8,13H,5,7,9-11H2,(H,19,22). The first kappa shape index (κ1) is 20.3. The highest BCUT2D eigenvalue weighted by Gasteiger charge is 2.33. The summed E-state index contributed by atoms with van der Waals surface area (Å²) in [4.78, 5) is 24.8. The van der Waals surface area contributed by atoms with Gasteiger partial charge in [-0.2, -0.15) is 0 Å². The van der Waals surface area contributed by atoms with Crippen LogP contribution in [-0.4, -0.2) is 48.2 Å². The molecular formula is C17H18ClN3O6S. The van der Waals surface area contributed by atoms with Crippen molar-refractivity contribution in [2.45, 2.75) is 19.0 Å². The number of nitrogens with one attached hydrogen (secondary N) is 1. The van der Waals surface area contributed by atoms with Gasteiger partial charge in [0.25, 0.3) is 5.69 Å². The van der Waals surface area contributed by atoms with Crippen LogP contribution in [0.1, 0.15) is 12.2 Å². The van der Waals surface area contributed by atoms with Crippen molar-refractivity contribution in [3.05, 3.63) is 57.5 Å². The van der Waals surface area contributed by atoms with Crippen molar-refractivity contribution >= 4 is 38.7 Å². The summed E-state index contributed by atoms with van der Waals surface area (Å²) in [7, 11) is -3.14. The summed E-state index contributed by atoms with van der Waals surface area (Å²) in [6.45, 7) is 0.115. The van der Waals surface area contributed by atoms with Gasteiger partial charge >= 0.3 is 0 Å². The second-order valence-electron chi connectivity index (χ2n) is 6.51. The van der Waals surface area contributed by atoms with E-state index in [1.54, 1.807) is 17.0 Å². The Morgan fingerprint density at radius 1 is 1.39 bits per heavy atom. The topological polar surface area (TPSA) is 123 Å². The van der Waals surface area contributed by atoms with Gasteiger partial charge in [-0.1, -0.05) is 11.6 Å². The molecule has 2 heterocycles. The van der Waals surface area contributed by atoms with Gasteiger partial charge in [0.1, 0.15) is 11.4 Å². The second kappa shape index (κ2) is 8.29. The summed E-state index contributed by atoms with van der Waals surface area (Å²) < 4.78 is 29.0. The molecule has 1 N–H and O–H groups in total. The number of halogens is 1. The molecule has 0 saturated carbocycles. The first-order valence-electron chi connectivity index (χ1n) is 8.44. The van der Waals surface area contributed by atoms with Crippen molar-refractivity contribution in [3.8, 4) is 0 Å². The zero-order valence-corrected chi connectivity index (χ0v) is 16.3. The van der Waals surface area contributed by atoms with E-state index < -0.39 is 20.7 Å². The average Bonchev–Trinajstić information content (AvgIpc) is 3.25. The summed E-state index contributed by atoms with van der Waals surface area (Å²) in [6, 6.07) is 7.06. The molecule has 1 aliphatic heterocycles. The van der Waals surface area contributed by atoms with Gasteiger partial charge in [-0.3, -0.25) is 19.8 Å². The molecule has 28 heavy (non-hydrogen) atoms. The first-order chi connectivity index (χ1) is 13.2. The van der Waals surface area contributed by atoms with Crippen molar-refractivity contribution in [1.29, 1.82) is 0 Å². The predicted octanol–water partition coefficient (Wildman–Crippen LogP) is 2.47. The maximum absolute atomic E-state index is 12.5. The van der Waals surface area contributed by atoms with Crippen LogP contribution in [0.5, 0.6) is 0 Å². The van der Waals surface area contributed by atoms with Gasteiger partial charge in [0.2, 0.25) is 5.91 Å². The smallest absolute Gasteiger partial charge is 0.294 e. The number of furan rings is 1. The number of carbonyl (C=O) groups excluding carboxylic acids is 1. The minimum absolute atomic E-state index is 0.0244. The maximum atomic E-state index is 12.5. The van der Waals surface area contributed by atoms with Gasteiger partial charge in [0, 0.05) is 17.1 Å².